The lowest BCUT2D eigenvalue weighted by Crippen LogP contribution is -2.37. The standard InChI is InChI=1S/C16H19FN2O2/c1-10-8-12(17)4-5-14(10)19-7-6-13(16(19)21)15(20)18-9-11-2-3-11/h4-5,8,11,13H,2-3,6-7,9H2,1H3,(H,18,20). The van der Waals surface area contributed by atoms with Crippen molar-refractivity contribution in [2.24, 2.45) is 11.8 Å². The fourth-order valence-corrected chi connectivity index (χ4v) is 2.77. The maximum Gasteiger partial charge on any atom is 0.239 e. The molecule has 1 unspecified atom stereocenters. The molecule has 1 N–H and O–H groups in total. The average molecular weight is 290 g/mol. The lowest BCUT2D eigenvalue weighted by Gasteiger charge is -2.19. The van der Waals surface area contributed by atoms with Gasteiger partial charge in [0.1, 0.15) is 11.7 Å². The summed E-state index contributed by atoms with van der Waals surface area (Å²) in [7, 11) is 0. The topological polar surface area (TPSA) is 49.4 Å². The molecule has 1 saturated heterocycles. The van der Waals surface area contributed by atoms with E-state index in [-0.39, 0.29) is 17.6 Å². The van der Waals surface area contributed by atoms with Crippen molar-refractivity contribution in [3.63, 3.8) is 0 Å². The number of rotatable bonds is 4. The van der Waals surface area contributed by atoms with Crippen molar-refractivity contribution < 1.29 is 14.0 Å². The second kappa shape index (κ2) is 5.47. The Labute approximate surface area is 123 Å². The first-order chi connectivity index (χ1) is 10.1. The number of aryl methyl sites for hydroxylation is 1. The number of nitrogens with zero attached hydrogens (tertiary/aromatic N) is 1. The second-order valence-corrected chi connectivity index (χ2v) is 5.95. The van der Waals surface area contributed by atoms with Crippen LogP contribution in [0.15, 0.2) is 18.2 Å². The minimum absolute atomic E-state index is 0.172. The van der Waals surface area contributed by atoms with Gasteiger partial charge in [-0.05, 0) is 55.9 Å². The van der Waals surface area contributed by atoms with Crippen molar-refractivity contribution in [3.8, 4) is 0 Å². The Morgan fingerprint density at radius 1 is 1.38 bits per heavy atom. The first-order valence-electron chi connectivity index (χ1n) is 7.41. The maximum absolute atomic E-state index is 13.2. The van der Waals surface area contributed by atoms with E-state index in [0.29, 0.717) is 36.7 Å². The molecule has 0 spiro atoms. The zero-order chi connectivity index (χ0) is 15.0. The molecule has 0 bridgehead atoms. The van der Waals surface area contributed by atoms with Crippen LogP contribution in [0.4, 0.5) is 10.1 Å². The van der Waals surface area contributed by atoms with Crippen LogP contribution in [0.1, 0.15) is 24.8 Å². The van der Waals surface area contributed by atoms with Gasteiger partial charge in [0.15, 0.2) is 0 Å². The Bertz CT molecular complexity index is 584. The van der Waals surface area contributed by atoms with Gasteiger partial charge in [-0.15, -0.1) is 0 Å². The highest BCUT2D eigenvalue weighted by Crippen LogP contribution is 2.30. The molecule has 1 aliphatic carbocycles. The van der Waals surface area contributed by atoms with E-state index in [0.717, 1.165) is 0 Å². The van der Waals surface area contributed by atoms with Crippen LogP contribution < -0.4 is 10.2 Å². The number of hydrogen-bond acceptors (Lipinski definition) is 2. The molecule has 1 saturated carbocycles. The number of nitrogens with one attached hydrogen (secondary N) is 1. The molecule has 1 aliphatic heterocycles. The minimum atomic E-state index is -0.604. The first-order valence-corrected chi connectivity index (χ1v) is 7.41. The third-order valence-corrected chi connectivity index (χ3v) is 4.23. The summed E-state index contributed by atoms with van der Waals surface area (Å²) in [6.45, 7) is 2.96. The molecule has 112 valence electrons. The van der Waals surface area contributed by atoms with E-state index in [2.05, 4.69) is 5.32 Å². The van der Waals surface area contributed by atoms with Crippen molar-refractivity contribution in [2.75, 3.05) is 18.0 Å². The van der Waals surface area contributed by atoms with E-state index in [1.807, 2.05) is 0 Å². The van der Waals surface area contributed by atoms with E-state index in [1.165, 1.54) is 25.0 Å². The number of hydrogen-bond donors (Lipinski definition) is 1. The van der Waals surface area contributed by atoms with Gasteiger partial charge < -0.3 is 10.2 Å². The number of halogens is 1. The van der Waals surface area contributed by atoms with Gasteiger partial charge in [0.2, 0.25) is 11.8 Å². The van der Waals surface area contributed by atoms with Crippen molar-refractivity contribution in [1.29, 1.82) is 0 Å². The van der Waals surface area contributed by atoms with Gasteiger partial charge in [0.25, 0.3) is 0 Å². The monoisotopic (exact) mass is 290 g/mol. The molecule has 1 heterocycles. The molecule has 21 heavy (non-hydrogen) atoms. The third-order valence-electron chi connectivity index (χ3n) is 4.23. The molecule has 1 atom stereocenters. The Kier molecular flexibility index (Phi) is 3.66. The van der Waals surface area contributed by atoms with Crippen LogP contribution in [-0.4, -0.2) is 24.9 Å². The molecule has 2 amide bonds. The molecule has 4 nitrogen and oxygen atoms in total. The molecule has 1 aromatic carbocycles. The van der Waals surface area contributed by atoms with Crippen LogP contribution >= 0.6 is 0 Å². The van der Waals surface area contributed by atoms with Gasteiger partial charge in [-0.2, -0.15) is 0 Å². The van der Waals surface area contributed by atoms with Crippen molar-refractivity contribution in [2.45, 2.75) is 26.2 Å². The zero-order valence-electron chi connectivity index (χ0n) is 12.1. The van der Waals surface area contributed by atoms with E-state index < -0.39 is 5.92 Å². The molecule has 0 radical (unpaired) electrons. The highest BCUT2D eigenvalue weighted by molar-refractivity contribution is 6.09. The molecule has 1 aromatic rings. The predicted molar refractivity (Wildman–Crippen MR) is 77.3 cm³/mol. The van der Waals surface area contributed by atoms with E-state index in [4.69, 9.17) is 0 Å². The van der Waals surface area contributed by atoms with Gasteiger partial charge in [-0.1, -0.05) is 0 Å². The van der Waals surface area contributed by atoms with Crippen LogP contribution in [-0.2, 0) is 9.59 Å². The number of amides is 2. The molecule has 2 fully saturated rings. The minimum Gasteiger partial charge on any atom is -0.355 e. The SMILES string of the molecule is Cc1cc(F)ccc1N1CCC(C(=O)NCC2CC2)C1=O. The summed E-state index contributed by atoms with van der Waals surface area (Å²) in [5, 5.41) is 2.87. The summed E-state index contributed by atoms with van der Waals surface area (Å²) in [6, 6.07) is 4.35. The second-order valence-electron chi connectivity index (χ2n) is 5.95. The van der Waals surface area contributed by atoms with Gasteiger partial charge in [0.05, 0.1) is 0 Å². The Balaban J connectivity index is 1.68. The average Bonchev–Trinajstić information content (AvgIpc) is 3.19. The summed E-state index contributed by atoms with van der Waals surface area (Å²) in [5.41, 5.74) is 1.40. The van der Waals surface area contributed by atoms with Crippen LogP contribution in [0.3, 0.4) is 0 Å². The summed E-state index contributed by atoms with van der Waals surface area (Å²) >= 11 is 0. The molecular formula is C16H19FN2O2. The lowest BCUT2D eigenvalue weighted by atomic mass is 10.1. The quantitative estimate of drug-likeness (QED) is 0.862. The van der Waals surface area contributed by atoms with E-state index in [1.54, 1.807) is 17.9 Å². The lowest BCUT2D eigenvalue weighted by molar-refractivity contribution is -0.132. The number of carbonyl (C=O) groups excluding carboxylic acids is 2. The van der Waals surface area contributed by atoms with Crippen LogP contribution in [0.2, 0.25) is 0 Å². The highest BCUT2D eigenvalue weighted by atomic mass is 19.1. The predicted octanol–water partition coefficient (Wildman–Crippen LogP) is 2.01. The first kappa shape index (κ1) is 14.0. The summed E-state index contributed by atoms with van der Waals surface area (Å²) in [6.07, 6.45) is 2.85. The summed E-state index contributed by atoms with van der Waals surface area (Å²) < 4.78 is 13.2. The van der Waals surface area contributed by atoms with Crippen molar-refractivity contribution in [3.05, 3.63) is 29.6 Å². The van der Waals surface area contributed by atoms with Crippen LogP contribution in [0.25, 0.3) is 0 Å². The van der Waals surface area contributed by atoms with Crippen LogP contribution in [0, 0.1) is 24.6 Å². The fraction of sp³-hybridized carbons (Fsp3) is 0.500. The molecule has 5 heteroatoms. The number of carbonyl (C=O) groups is 2. The van der Waals surface area contributed by atoms with Gasteiger partial charge in [-0.25, -0.2) is 4.39 Å². The Hall–Kier alpha value is -1.91. The third kappa shape index (κ3) is 2.91. The number of benzene rings is 1. The molecular weight excluding hydrogens is 271 g/mol. The summed E-state index contributed by atoms with van der Waals surface area (Å²) in [4.78, 5) is 26.1. The Morgan fingerprint density at radius 3 is 2.81 bits per heavy atom. The maximum atomic E-state index is 13.2. The zero-order valence-corrected chi connectivity index (χ0v) is 12.1. The molecule has 0 aromatic heterocycles. The van der Waals surface area contributed by atoms with Gasteiger partial charge in [0, 0.05) is 18.8 Å². The molecule has 2 aliphatic rings. The largest absolute Gasteiger partial charge is 0.355 e. The Morgan fingerprint density at radius 2 is 2.14 bits per heavy atom. The van der Waals surface area contributed by atoms with Crippen molar-refractivity contribution >= 4 is 17.5 Å². The van der Waals surface area contributed by atoms with Crippen LogP contribution in [0.5, 0.6) is 0 Å². The summed E-state index contributed by atoms with van der Waals surface area (Å²) in [5.74, 6) is -0.678. The normalized spacial score (nSPS) is 21.7. The fourth-order valence-electron chi connectivity index (χ4n) is 2.77. The molecule has 3 rings (SSSR count). The smallest absolute Gasteiger partial charge is 0.239 e. The van der Waals surface area contributed by atoms with E-state index >= 15 is 0 Å². The van der Waals surface area contributed by atoms with Crippen molar-refractivity contribution in [1.82, 2.24) is 5.32 Å². The number of anilines is 1. The van der Waals surface area contributed by atoms with E-state index in [9.17, 15) is 14.0 Å². The van der Waals surface area contributed by atoms with Gasteiger partial charge in [-0.3, -0.25) is 9.59 Å². The van der Waals surface area contributed by atoms with Gasteiger partial charge >= 0.3 is 0 Å². The highest BCUT2D eigenvalue weighted by Gasteiger charge is 2.38.